The SMILES string of the molecule is CC=CCC1=C(C=CC)C(=O)OC1. The zero-order chi connectivity index (χ0) is 9.68. The standard InChI is InChI=1S/C11H14O2/c1-3-5-7-9-8-13-11(12)10(9)6-4-2/h3-6H,7-8H2,1-2H3. The molecule has 0 spiro atoms. The number of rotatable bonds is 3. The summed E-state index contributed by atoms with van der Waals surface area (Å²) in [5, 5.41) is 0. The summed E-state index contributed by atoms with van der Waals surface area (Å²) in [5.74, 6) is -0.197. The third kappa shape index (κ3) is 2.31. The number of allylic oxidation sites excluding steroid dienone is 3. The first-order valence-electron chi connectivity index (χ1n) is 4.42. The van der Waals surface area contributed by atoms with Gasteiger partial charge in [-0.2, -0.15) is 0 Å². The van der Waals surface area contributed by atoms with Crippen LogP contribution >= 0.6 is 0 Å². The average molecular weight is 178 g/mol. The van der Waals surface area contributed by atoms with Crippen molar-refractivity contribution in [3.05, 3.63) is 35.5 Å². The van der Waals surface area contributed by atoms with Crippen molar-refractivity contribution < 1.29 is 9.53 Å². The number of esters is 1. The molecule has 1 aliphatic rings. The van der Waals surface area contributed by atoms with Crippen LogP contribution in [0.5, 0.6) is 0 Å². The monoisotopic (exact) mass is 178 g/mol. The molecule has 0 atom stereocenters. The molecule has 0 aromatic heterocycles. The van der Waals surface area contributed by atoms with E-state index in [-0.39, 0.29) is 5.97 Å². The van der Waals surface area contributed by atoms with Crippen molar-refractivity contribution in [2.75, 3.05) is 6.61 Å². The quantitative estimate of drug-likeness (QED) is 0.490. The molecule has 0 aliphatic carbocycles. The molecule has 0 bridgehead atoms. The lowest BCUT2D eigenvalue weighted by Gasteiger charge is -1.93. The van der Waals surface area contributed by atoms with Gasteiger partial charge in [-0.15, -0.1) is 0 Å². The predicted octanol–water partition coefficient (Wildman–Crippen LogP) is 2.38. The van der Waals surface area contributed by atoms with E-state index in [4.69, 9.17) is 4.74 Å². The van der Waals surface area contributed by atoms with Crippen LogP contribution in [-0.4, -0.2) is 12.6 Å². The average Bonchev–Trinajstić information content (AvgIpc) is 2.46. The van der Waals surface area contributed by atoms with E-state index in [1.54, 1.807) is 0 Å². The Hall–Kier alpha value is -1.31. The predicted molar refractivity (Wildman–Crippen MR) is 52.2 cm³/mol. The second-order valence-electron chi connectivity index (χ2n) is 2.87. The summed E-state index contributed by atoms with van der Waals surface area (Å²) in [6.07, 6.45) is 8.48. The van der Waals surface area contributed by atoms with Gasteiger partial charge in [0.05, 0.1) is 5.57 Å². The molecule has 2 nitrogen and oxygen atoms in total. The van der Waals surface area contributed by atoms with Crippen molar-refractivity contribution in [1.82, 2.24) is 0 Å². The molecule has 0 radical (unpaired) electrons. The van der Waals surface area contributed by atoms with Crippen molar-refractivity contribution in [3.63, 3.8) is 0 Å². The molecule has 1 aliphatic heterocycles. The summed E-state index contributed by atoms with van der Waals surface area (Å²) >= 11 is 0. The topological polar surface area (TPSA) is 26.3 Å². The Labute approximate surface area is 78.6 Å². The van der Waals surface area contributed by atoms with Gasteiger partial charge >= 0.3 is 5.97 Å². The minimum Gasteiger partial charge on any atom is -0.458 e. The third-order valence-electron chi connectivity index (χ3n) is 1.91. The molecular weight excluding hydrogens is 164 g/mol. The van der Waals surface area contributed by atoms with Gasteiger partial charge < -0.3 is 4.74 Å². The van der Waals surface area contributed by atoms with Crippen LogP contribution in [0.3, 0.4) is 0 Å². The molecule has 0 fully saturated rings. The number of carbonyl (C=O) groups is 1. The van der Waals surface area contributed by atoms with Crippen LogP contribution in [-0.2, 0) is 9.53 Å². The molecule has 0 amide bonds. The fraction of sp³-hybridized carbons (Fsp3) is 0.364. The Morgan fingerprint density at radius 1 is 1.38 bits per heavy atom. The summed E-state index contributed by atoms with van der Waals surface area (Å²) in [4.78, 5) is 11.2. The molecule has 0 aromatic carbocycles. The summed E-state index contributed by atoms with van der Waals surface area (Å²) in [7, 11) is 0. The lowest BCUT2D eigenvalue weighted by molar-refractivity contribution is -0.135. The van der Waals surface area contributed by atoms with Crippen LogP contribution in [0.4, 0.5) is 0 Å². The molecule has 70 valence electrons. The maximum Gasteiger partial charge on any atom is 0.338 e. The highest BCUT2D eigenvalue weighted by molar-refractivity contribution is 5.94. The summed E-state index contributed by atoms with van der Waals surface area (Å²) in [6, 6.07) is 0. The number of cyclic esters (lactones) is 1. The minimum atomic E-state index is -0.197. The molecule has 13 heavy (non-hydrogen) atoms. The fourth-order valence-corrected chi connectivity index (χ4v) is 1.23. The van der Waals surface area contributed by atoms with E-state index in [1.807, 2.05) is 38.2 Å². The zero-order valence-corrected chi connectivity index (χ0v) is 8.04. The van der Waals surface area contributed by atoms with E-state index in [0.29, 0.717) is 6.61 Å². The normalized spacial score (nSPS) is 17.8. The van der Waals surface area contributed by atoms with Crippen molar-refractivity contribution in [2.45, 2.75) is 20.3 Å². The molecule has 0 aromatic rings. The maximum absolute atomic E-state index is 11.2. The van der Waals surface area contributed by atoms with Gasteiger partial charge in [-0.1, -0.05) is 24.3 Å². The van der Waals surface area contributed by atoms with Crippen LogP contribution in [0, 0.1) is 0 Å². The van der Waals surface area contributed by atoms with Gasteiger partial charge in [0.25, 0.3) is 0 Å². The minimum absolute atomic E-state index is 0.197. The van der Waals surface area contributed by atoms with E-state index in [1.165, 1.54) is 0 Å². The maximum atomic E-state index is 11.2. The highest BCUT2D eigenvalue weighted by Crippen LogP contribution is 2.20. The smallest absolute Gasteiger partial charge is 0.338 e. The Morgan fingerprint density at radius 3 is 2.77 bits per heavy atom. The van der Waals surface area contributed by atoms with E-state index >= 15 is 0 Å². The molecule has 0 N–H and O–H groups in total. The fourth-order valence-electron chi connectivity index (χ4n) is 1.23. The van der Waals surface area contributed by atoms with E-state index < -0.39 is 0 Å². The zero-order valence-electron chi connectivity index (χ0n) is 8.04. The van der Waals surface area contributed by atoms with Crippen molar-refractivity contribution in [1.29, 1.82) is 0 Å². The number of hydrogen-bond donors (Lipinski definition) is 0. The van der Waals surface area contributed by atoms with Crippen LogP contribution in [0.15, 0.2) is 35.5 Å². The highest BCUT2D eigenvalue weighted by atomic mass is 16.5. The first-order valence-corrected chi connectivity index (χ1v) is 4.42. The van der Waals surface area contributed by atoms with Gasteiger partial charge in [0.15, 0.2) is 0 Å². The molecule has 1 heterocycles. The summed E-state index contributed by atoms with van der Waals surface area (Å²) in [5.41, 5.74) is 1.79. The Bertz CT molecular complexity index is 282. The molecular formula is C11H14O2. The Kier molecular flexibility index (Phi) is 3.50. The van der Waals surface area contributed by atoms with Crippen LogP contribution < -0.4 is 0 Å². The van der Waals surface area contributed by atoms with Crippen molar-refractivity contribution in [3.8, 4) is 0 Å². The van der Waals surface area contributed by atoms with Crippen LogP contribution in [0.25, 0.3) is 0 Å². The van der Waals surface area contributed by atoms with Gasteiger partial charge in [0.1, 0.15) is 6.61 Å². The van der Waals surface area contributed by atoms with Gasteiger partial charge in [-0.3, -0.25) is 0 Å². The number of hydrogen-bond acceptors (Lipinski definition) is 2. The van der Waals surface area contributed by atoms with Crippen molar-refractivity contribution in [2.24, 2.45) is 0 Å². The summed E-state index contributed by atoms with van der Waals surface area (Å²) in [6.45, 7) is 4.31. The second-order valence-corrected chi connectivity index (χ2v) is 2.87. The Morgan fingerprint density at radius 2 is 2.15 bits per heavy atom. The second kappa shape index (κ2) is 4.65. The van der Waals surface area contributed by atoms with Gasteiger partial charge in [-0.25, -0.2) is 4.79 Å². The molecule has 1 rings (SSSR count). The first-order chi connectivity index (χ1) is 6.29. The van der Waals surface area contributed by atoms with E-state index in [9.17, 15) is 4.79 Å². The first kappa shape index (κ1) is 9.78. The number of carbonyl (C=O) groups excluding carboxylic acids is 1. The molecule has 0 unspecified atom stereocenters. The Balaban J connectivity index is 2.82. The summed E-state index contributed by atoms with van der Waals surface area (Å²) < 4.78 is 4.93. The highest BCUT2D eigenvalue weighted by Gasteiger charge is 2.20. The van der Waals surface area contributed by atoms with E-state index in [0.717, 1.165) is 17.6 Å². The third-order valence-corrected chi connectivity index (χ3v) is 1.91. The van der Waals surface area contributed by atoms with Gasteiger partial charge in [-0.05, 0) is 25.8 Å². The molecule has 0 saturated carbocycles. The largest absolute Gasteiger partial charge is 0.458 e. The lowest BCUT2D eigenvalue weighted by Crippen LogP contribution is -1.96. The van der Waals surface area contributed by atoms with Crippen LogP contribution in [0.1, 0.15) is 20.3 Å². The molecule has 0 saturated heterocycles. The lowest BCUT2D eigenvalue weighted by atomic mass is 10.1. The van der Waals surface area contributed by atoms with Gasteiger partial charge in [0.2, 0.25) is 0 Å². The van der Waals surface area contributed by atoms with E-state index in [2.05, 4.69) is 0 Å². The number of ether oxygens (including phenoxy) is 1. The van der Waals surface area contributed by atoms with Crippen molar-refractivity contribution >= 4 is 5.97 Å². The molecule has 2 heteroatoms. The van der Waals surface area contributed by atoms with Crippen LogP contribution in [0.2, 0.25) is 0 Å². The van der Waals surface area contributed by atoms with Gasteiger partial charge in [0, 0.05) is 0 Å².